The summed E-state index contributed by atoms with van der Waals surface area (Å²) in [7, 11) is 0. The largest absolute Gasteiger partial charge is 0.289 e. The molecule has 3 rings (SSSR count). The Morgan fingerprint density at radius 1 is 1.11 bits per heavy atom. The lowest BCUT2D eigenvalue weighted by molar-refractivity contribution is 0.102. The summed E-state index contributed by atoms with van der Waals surface area (Å²) in [5.41, 5.74) is 4.20. The number of Topliss-reactive ketones (excluding diaryl/α,β-unsaturated/α-hetero) is 1. The van der Waals surface area contributed by atoms with E-state index in [-0.39, 0.29) is 5.78 Å². The predicted octanol–water partition coefficient (Wildman–Crippen LogP) is 4.27. The summed E-state index contributed by atoms with van der Waals surface area (Å²) in [6.07, 6.45) is 3.89. The van der Waals surface area contributed by atoms with Gasteiger partial charge in [-0.2, -0.15) is 0 Å². The molecule has 0 bridgehead atoms. The van der Waals surface area contributed by atoms with Crippen LogP contribution in [-0.4, -0.2) is 5.78 Å². The summed E-state index contributed by atoms with van der Waals surface area (Å²) in [6.45, 7) is 2.07. The lowest BCUT2D eigenvalue weighted by atomic mass is 9.91. The second-order valence-corrected chi connectivity index (χ2v) is 5.67. The van der Waals surface area contributed by atoms with Gasteiger partial charge < -0.3 is 0 Å². The van der Waals surface area contributed by atoms with Gasteiger partial charge in [0.25, 0.3) is 0 Å². The normalized spacial score (nSPS) is 16.9. The zero-order chi connectivity index (χ0) is 12.5. The highest BCUT2D eigenvalue weighted by atomic mass is 32.1. The van der Waals surface area contributed by atoms with Crippen molar-refractivity contribution in [2.24, 2.45) is 0 Å². The zero-order valence-electron chi connectivity index (χ0n) is 10.3. The topological polar surface area (TPSA) is 17.1 Å². The number of ketones is 1. The first-order valence-electron chi connectivity index (χ1n) is 6.12. The van der Waals surface area contributed by atoms with E-state index in [1.807, 2.05) is 17.5 Å². The number of fused-ring (bicyclic) bond motifs is 1. The van der Waals surface area contributed by atoms with Crippen molar-refractivity contribution in [3.05, 3.63) is 62.9 Å². The van der Waals surface area contributed by atoms with E-state index in [0.29, 0.717) is 0 Å². The molecule has 0 saturated carbocycles. The van der Waals surface area contributed by atoms with Crippen molar-refractivity contribution in [2.45, 2.75) is 19.8 Å². The Hall–Kier alpha value is -1.67. The third kappa shape index (κ3) is 2.04. The van der Waals surface area contributed by atoms with Gasteiger partial charge in [-0.05, 0) is 42.9 Å². The van der Waals surface area contributed by atoms with Crippen LogP contribution in [0, 0.1) is 6.92 Å². The lowest BCUT2D eigenvalue weighted by Gasteiger charge is -2.13. The number of rotatable bonds is 1. The molecule has 1 aromatic heterocycles. The fourth-order valence-electron chi connectivity index (χ4n) is 2.27. The minimum atomic E-state index is 0.207. The van der Waals surface area contributed by atoms with E-state index >= 15 is 0 Å². The summed E-state index contributed by atoms with van der Waals surface area (Å²) in [4.78, 5) is 13.5. The Morgan fingerprint density at radius 2 is 1.89 bits per heavy atom. The quantitative estimate of drug-likeness (QED) is 0.695. The molecule has 0 radical (unpaired) electrons. The highest BCUT2D eigenvalue weighted by Crippen LogP contribution is 2.30. The minimum Gasteiger partial charge on any atom is -0.289 e. The lowest BCUT2D eigenvalue weighted by Crippen LogP contribution is -2.11. The Labute approximate surface area is 111 Å². The van der Waals surface area contributed by atoms with Crippen LogP contribution in [0.4, 0.5) is 0 Å². The van der Waals surface area contributed by atoms with Gasteiger partial charge in [-0.3, -0.25) is 4.79 Å². The number of thiophene rings is 1. The smallest absolute Gasteiger partial charge is 0.190 e. The molecular weight excluding hydrogens is 240 g/mol. The van der Waals surface area contributed by atoms with Gasteiger partial charge in [0.2, 0.25) is 0 Å². The molecule has 2 aromatic rings. The Balaban J connectivity index is 1.95. The monoisotopic (exact) mass is 254 g/mol. The van der Waals surface area contributed by atoms with Crippen LogP contribution in [0.25, 0.3) is 6.08 Å². The first-order valence-corrected chi connectivity index (χ1v) is 7.00. The third-order valence-electron chi connectivity index (χ3n) is 3.32. The van der Waals surface area contributed by atoms with Gasteiger partial charge in [0, 0.05) is 16.0 Å². The number of hydrogen-bond acceptors (Lipinski definition) is 2. The van der Waals surface area contributed by atoms with Gasteiger partial charge in [-0.25, -0.2) is 0 Å². The molecule has 0 amide bonds. The number of allylic oxidation sites excluding steroid dienone is 1. The number of carbonyl (C=O) groups is 1. The average Bonchev–Trinajstić information content (AvgIpc) is 2.84. The molecule has 1 aliphatic carbocycles. The summed E-state index contributed by atoms with van der Waals surface area (Å²) in [5.74, 6) is 0.207. The van der Waals surface area contributed by atoms with Crippen LogP contribution in [0.5, 0.6) is 0 Å². The van der Waals surface area contributed by atoms with E-state index < -0.39 is 0 Å². The molecule has 1 heterocycles. The summed E-state index contributed by atoms with van der Waals surface area (Å²) in [5, 5.41) is 2.01. The minimum absolute atomic E-state index is 0.207. The van der Waals surface area contributed by atoms with Crippen LogP contribution in [0.2, 0.25) is 0 Å². The summed E-state index contributed by atoms with van der Waals surface area (Å²) in [6, 6.07) is 10.2. The van der Waals surface area contributed by atoms with E-state index in [1.54, 1.807) is 11.3 Å². The standard InChI is InChI=1S/C16H14OS/c1-11-2-4-12(5-3-11)10-13-6-7-15-14(16(13)17)8-9-18-15/h2-5,8-10H,6-7H2,1H3/b13-10+. The van der Waals surface area contributed by atoms with Crippen LogP contribution >= 0.6 is 11.3 Å². The second-order valence-electron chi connectivity index (χ2n) is 4.67. The van der Waals surface area contributed by atoms with Crippen molar-refractivity contribution in [2.75, 3.05) is 0 Å². The number of carbonyl (C=O) groups excluding carboxylic acids is 1. The molecule has 18 heavy (non-hydrogen) atoms. The second kappa shape index (κ2) is 4.54. The SMILES string of the molecule is Cc1ccc(/C=C2\CCc3sccc3C2=O)cc1. The molecule has 0 unspecified atom stereocenters. The molecule has 1 aliphatic rings. The molecule has 0 fully saturated rings. The van der Waals surface area contributed by atoms with Crippen LogP contribution in [0.15, 0.2) is 41.3 Å². The Kier molecular flexibility index (Phi) is 2.88. The van der Waals surface area contributed by atoms with Gasteiger partial charge in [-0.15, -0.1) is 11.3 Å². The van der Waals surface area contributed by atoms with Gasteiger partial charge in [0.15, 0.2) is 5.78 Å². The van der Waals surface area contributed by atoms with Gasteiger partial charge in [-0.1, -0.05) is 29.8 Å². The number of benzene rings is 1. The molecule has 2 heteroatoms. The van der Waals surface area contributed by atoms with Crippen LogP contribution in [-0.2, 0) is 6.42 Å². The molecule has 0 N–H and O–H groups in total. The van der Waals surface area contributed by atoms with E-state index in [2.05, 4.69) is 31.2 Å². The highest BCUT2D eigenvalue weighted by Gasteiger charge is 2.22. The molecule has 90 valence electrons. The van der Waals surface area contributed by atoms with Crippen LogP contribution in [0.3, 0.4) is 0 Å². The Morgan fingerprint density at radius 3 is 2.67 bits per heavy atom. The molecule has 0 aliphatic heterocycles. The predicted molar refractivity (Wildman–Crippen MR) is 76.1 cm³/mol. The van der Waals surface area contributed by atoms with E-state index in [4.69, 9.17) is 0 Å². The maximum atomic E-state index is 12.3. The van der Waals surface area contributed by atoms with Crippen molar-refractivity contribution < 1.29 is 4.79 Å². The molecule has 1 nitrogen and oxygen atoms in total. The van der Waals surface area contributed by atoms with Gasteiger partial charge in [0.05, 0.1) is 0 Å². The maximum Gasteiger partial charge on any atom is 0.190 e. The van der Waals surface area contributed by atoms with Crippen molar-refractivity contribution >= 4 is 23.2 Å². The number of hydrogen-bond donors (Lipinski definition) is 0. The van der Waals surface area contributed by atoms with Crippen molar-refractivity contribution in [1.29, 1.82) is 0 Å². The average molecular weight is 254 g/mol. The molecule has 0 spiro atoms. The summed E-state index contributed by atoms with van der Waals surface area (Å²) >= 11 is 1.69. The van der Waals surface area contributed by atoms with Gasteiger partial charge >= 0.3 is 0 Å². The maximum absolute atomic E-state index is 12.3. The Bertz CT molecular complexity index is 617. The third-order valence-corrected chi connectivity index (χ3v) is 4.30. The first-order chi connectivity index (χ1) is 8.74. The van der Waals surface area contributed by atoms with Crippen LogP contribution < -0.4 is 0 Å². The van der Waals surface area contributed by atoms with Crippen LogP contribution in [0.1, 0.15) is 32.8 Å². The van der Waals surface area contributed by atoms with E-state index in [1.165, 1.54) is 10.4 Å². The van der Waals surface area contributed by atoms with Crippen molar-refractivity contribution in [1.82, 2.24) is 0 Å². The molecule has 0 saturated heterocycles. The van der Waals surface area contributed by atoms with E-state index in [9.17, 15) is 4.79 Å². The fourth-order valence-corrected chi connectivity index (χ4v) is 3.15. The highest BCUT2D eigenvalue weighted by molar-refractivity contribution is 7.10. The van der Waals surface area contributed by atoms with E-state index in [0.717, 1.165) is 29.5 Å². The molecule has 1 aromatic carbocycles. The van der Waals surface area contributed by atoms with Gasteiger partial charge in [0.1, 0.15) is 0 Å². The van der Waals surface area contributed by atoms with Crippen molar-refractivity contribution in [3.63, 3.8) is 0 Å². The first kappa shape index (κ1) is 11.4. The number of aryl methyl sites for hydroxylation is 2. The molecular formula is C16H14OS. The zero-order valence-corrected chi connectivity index (χ0v) is 11.1. The fraction of sp³-hybridized carbons (Fsp3) is 0.188. The summed E-state index contributed by atoms with van der Waals surface area (Å²) < 4.78 is 0. The molecule has 0 atom stereocenters. The van der Waals surface area contributed by atoms with Crippen molar-refractivity contribution in [3.8, 4) is 0 Å².